The average Bonchev–Trinajstić information content (AvgIpc) is 2.77. The van der Waals surface area contributed by atoms with Crippen LogP contribution in [0, 0.1) is 0 Å². The number of pyridine rings is 1. The van der Waals surface area contributed by atoms with Crippen LogP contribution in [0.3, 0.4) is 0 Å². The Hall–Kier alpha value is -3.48. The molecule has 30 heavy (non-hydrogen) atoms. The summed E-state index contributed by atoms with van der Waals surface area (Å²) in [4.78, 5) is 18.6. The Morgan fingerprint density at radius 3 is 2.17 bits per heavy atom. The molecule has 0 aliphatic carbocycles. The fourth-order valence-electron chi connectivity index (χ4n) is 3.14. The molecule has 7 nitrogen and oxygen atoms in total. The zero-order chi connectivity index (χ0) is 21.8. The van der Waals surface area contributed by atoms with Gasteiger partial charge in [-0.15, -0.1) is 0 Å². The van der Waals surface area contributed by atoms with Gasteiger partial charge in [-0.1, -0.05) is 12.1 Å². The fourth-order valence-corrected chi connectivity index (χ4v) is 3.14. The molecule has 1 amide bonds. The van der Waals surface area contributed by atoms with Crippen LogP contribution in [-0.2, 0) is 4.79 Å². The van der Waals surface area contributed by atoms with Gasteiger partial charge in [0.15, 0.2) is 6.10 Å². The van der Waals surface area contributed by atoms with Gasteiger partial charge in [-0.3, -0.25) is 4.79 Å². The Balaban J connectivity index is 2.19. The summed E-state index contributed by atoms with van der Waals surface area (Å²) in [6, 6.07) is 13.1. The molecule has 0 fully saturated rings. The normalized spacial score (nSPS) is 11.7. The molecule has 3 aromatic rings. The first-order valence-corrected chi connectivity index (χ1v) is 9.47. The van der Waals surface area contributed by atoms with Crippen molar-refractivity contribution in [3.8, 4) is 34.3 Å². The average molecular weight is 410 g/mol. The monoisotopic (exact) mass is 410 g/mol. The van der Waals surface area contributed by atoms with E-state index in [1.165, 1.54) is 4.90 Å². The molecule has 158 valence electrons. The van der Waals surface area contributed by atoms with E-state index in [2.05, 4.69) is 0 Å². The molecule has 0 N–H and O–H groups in total. The first kappa shape index (κ1) is 21.2. The summed E-state index contributed by atoms with van der Waals surface area (Å²) in [5.41, 5.74) is 2.26. The number of benzene rings is 2. The van der Waals surface area contributed by atoms with Gasteiger partial charge in [0.2, 0.25) is 5.88 Å². The largest absolute Gasteiger partial charge is 0.497 e. The third-order valence-electron chi connectivity index (χ3n) is 4.77. The molecule has 0 saturated heterocycles. The molecule has 0 radical (unpaired) electrons. The Labute approximate surface area is 176 Å². The summed E-state index contributed by atoms with van der Waals surface area (Å²) in [6.07, 6.45) is -0.700. The Morgan fingerprint density at radius 1 is 0.933 bits per heavy atom. The number of methoxy groups -OCH3 is 3. The van der Waals surface area contributed by atoms with Gasteiger partial charge >= 0.3 is 0 Å². The van der Waals surface area contributed by atoms with Gasteiger partial charge in [0.25, 0.3) is 5.91 Å². The van der Waals surface area contributed by atoms with Crippen molar-refractivity contribution >= 4 is 16.8 Å². The Kier molecular flexibility index (Phi) is 6.30. The van der Waals surface area contributed by atoms with Gasteiger partial charge in [-0.05, 0) is 30.7 Å². The minimum Gasteiger partial charge on any atom is -0.497 e. The molecule has 0 spiro atoms. The molecule has 0 saturated carbocycles. The summed E-state index contributed by atoms with van der Waals surface area (Å²) < 4.78 is 22.2. The molecule has 1 atom stereocenters. The minimum absolute atomic E-state index is 0.152. The SMILES string of the molecule is COc1ccc(-c2cc3c(OC)cc(OC)cc3nc2OC(C)C(=O)N(C)C)cc1. The molecule has 2 aromatic carbocycles. The van der Waals surface area contributed by atoms with Crippen LogP contribution in [0.25, 0.3) is 22.0 Å². The number of hydrogen-bond acceptors (Lipinski definition) is 6. The lowest BCUT2D eigenvalue weighted by atomic mass is 10.0. The third kappa shape index (κ3) is 4.25. The van der Waals surface area contributed by atoms with Crippen LogP contribution in [0.4, 0.5) is 0 Å². The van der Waals surface area contributed by atoms with Crippen molar-refractivity contribution in [2.75, 3.05) is 35.4 Å². The lowest BCUT2D eigenvalue weighted by Crippen LogP contribution is -2.35. The number of nitrogens with zero attached hydrogens (tertiary/aromatic N) is 2. The summed E-state index contributed by atoms with van der Waals surface area (Å²) in [7, 11) is 8.19. The van der Waals surface area contributed by atoms with E-state index in [1.54, 1.807) is 54.5 Å². The molecular weight excluding hydrogens is 384 g/mol. The van der Waals surface area contributed by atoms with Crippen molar-refractivity contribution in [2.24, 2.45) is 0 Å². The van der Waals surface area contributed by atoms with Gasteiger partial charge in [-0.25, -0.2) is 4.98 Å². The molecule has 1 heterocycles. The van der Waals surface area contributed by atoms with Gasteiger partial charge < -0.3 is 23.8 Å². The van der Waals surface area contributed by atoms with Crippen molar-refractivity contribution in [2.45, 2.75) is 13.0 Å². The van der Waals surface area contributed by atoms with Crippen LogP contribution < -0.4 is 18.9 Å². The third-order valence-corrected chi connectivity index (χ3v) is 4.77. The highest BCUT2D eigenvalue weighted by atomic mass is 16.5. The van der Waals surface area contributed by atoms with E-state index in [-0.39, 0.29) is 5.91 Å². The second-order valence-electron chi connectivity index (χ2n) is 6.96. The van der Waals surface area contributed by atoms with E-state index < -0.39 is 6.10 Å². The number of hydrogen-bond donors (Lipinski definition) is 0. The molecule has 1 aromatic heterocycles. The van der Waals surface area contributed by atoms with E-state index in [1.807, 2.05) is 30.3 Å². The first-order valence-electron chi connectivity index (χ1n) is 9.47. The molecule has 0 aliphatic rings. The quantitative estimate of drug-likeness (QED) is 0.590. The van der Waals surface area contributed by atoms with Crippen LogP contribution in [0.1, 0.15) is 6.92 Å². The lowest BCUT2D eigenvalue weighted by molar-refractivity contribution is -0.135. The predicted molar refractivity (Wildman–Crippen MR) is 116 cm³/mol. The minimum atomic E-state index is -0.700. The van der Waals surface area contributed by atoms with E-state index >= 15 is 0 Å². The number of aromatic nitrogens is 1. The van der Waals surface area contributed by atoms with Crippen molar-refractivity contribution in [3.05, 3.63) is 42.5 Å². The fraction of sp³-hybridized carbons (Fsp3) is 0.304. The van der Waals surface area contributed by atoms with Crippen molar-refractivity contribution in [1.29, 1.82) is 0 Å². The first-order chi connectivity index (χ1) is 14.4. The summed E-state index contributed by atoms with van der Waals surface area (Å²) >= 11 is 0. The van der Waals surface area contributed by atoms with Crippen LogP contribution in [-0.4, -0.2) is 57.3 Å². The molecule has 3 rings (SSSR count). The van der Waals surface area contributed by atoms with Gasteiger partial charge in [0.05, 0.1) is 26.8 Å². The number of rotatable bonds is 7. The maximum Gasteiger partial charge on any atom is 0.262 e. The highest BCUT2D eigenvalue weighted by molar-refractivity contribution is 5.92. The number of carbonyl (C=O) groups is 1. The molecule has 0 bridgehead atoms. The lowest BCUT2D eigenvalue weighted by Gasteiger charge is -2.20. The topological polar surface area (TPSA) is 70.1 Å². The van der Waals surface area contributed by atoms with Crippen molar-refractivity contribution in [1.82, 2.24) is 9.88 Å². The molecular formula is C23H26N2O5. The summed E-state index contributed by atoms with van der Waals surface area (Å²) in [5.74, 6) is 2.20. The number of fused-ring (bicyclic) bond motifs is 1. The molecule has 1 unspecified atom stereocenters. The second kappa shape index (κ2) is 8.90. The number of amides is 1. The van der Waals surface area contributed by atoms with Gasteiger partial charge in [0, 0.05) is 37.2 Å². The zero-order valence-electron chi connectivity index (χ0n) is 18.1. The summed E-state index contributed by atoms with van der Waals surface area (Å²) in [6.45, 7) is 1.71. The number of carbonyl (C=O) groups excluding carboxylic acids is 1. The number of likely N-dealkylation sites (N-methyl/N-ethyl adjacent to an activating group) is 1. The summed E-state index contributed by atoms with van der Waals surface area (Å²) in [5, 5.41) is 0.808. The van der Waals surface area contributed by atoms with Crippen molar-refractivity contribution in [3.63, 3.8) is 0 Å². The second-order valence-corrected chi connectivity index (χ2v) is 6.96. The Bertz CT molecular complexity index is 1050. The van der Waals surface area contributed by atoms with Crippen LogP contribution in [0.5, 0.6) is 23.1 Å². The van der Waals surface area contributed by atoms with Crippen molar-refractivity contribution < 1.29 is 23.7 Å². The Morgan fingerprint density at radius 2 is 1.60 bits per heavy atom. The van der Waals surface area contributed by atoms with E-state index in [0.717, 1.165) is 22.3 Å². The molecule has 7 heteroatoms. The van der Waals surface area contributed by atoms with Crippen LogP contribution in [0.15, 0.2) is 42.5 Å². The number of ether oxygens (including phenoxy) is 4. The van der Waals surface area contributed by atoms with Gasteiger partial charge in [0.1, 0.15) is 17.2 Å². The predicted octanol–water partition coefficient (Wildman–Crippen LogP) is 3.78. The highest BCUT2D eigenvalue weighted by Gasteiger charge is 2.21. The van der Waals surface area contributed by atoms with E-state index in [0.29, 0.717) is 22.9 Å². The van der Waals surface area contributed by atoms with Gasteiger partial charge in [-0.2, -0.15) is 0 Å². The zero-order valence-corrected chi connectivity index (χ0v) is 18.1. The van der Waals surface area contributed by atoms with Crippen LogP contribution >= 0.6 is 0 Å². The van der Waals surface area contributed by atoms with E-state index in [4.69, 9.17) is 23.9 Å². The van der Waals surface area contributed by atoms with Crippen LogP contribution in [0.2, 0.25) is 0 Å². The molecule has 0 aliphatic heterocycles. The standard InChI is InChI=1S/C23H26N2O5/c1-14(23(26)25(2)3)30-22-18(15-7-9-16(27-4)10-8-15)13-19-20(24-22)11-17(28-5)12-21(19)29-6/h7-14H,1-6H3. The maximum absolute atomic E-state index is 12.4. The highest BCUT2D eigenvalue weighted by Crippen LogP contribution is 2.38. The maximum atomic E-state index is 12.4. The van der Waals surface area contributed by atoms with E-state index in [9.17, 15) is 4.79 Å². The smallest absolute Gasteiger partial charge is 0.262 e.